The van der Waals surface area contributed by atoms with Crippen molar-refractivity contribution in [2.75, 3.05) is 4.90 Å². The lowest BCUT2D eigenvalue weighted by Crippen LogP contribution is -2.29. The molecule has 4 nitrogen and oxygen atoms in total. The van der Waals surface area contributed by atoms with Crippen LogP contribution >= 0.6 is 23.8 Å². The number of aromatic nitrogens is 2. The highest BCUT2D eigenvalue weighted by Crippen LogP contribution is 2.40. The Bertz CT molecular complexity index is 833. The Morgan fingerprint density at radius 2 is 1.88 bits per heavy atom. The van der Waals surface area contributed by atoms with E-state index in [2.05, 4.69) is 26.3 Å². The molecule has 3 heterocycles. The summed E-state index contributed by atoms with van der Waals surface area (Å²) in [5.41, 5.74) is 3.03. The maximum Gasteiger partial charge on any atom is 0.174 e. The van der Waals surface area contributed by atoms with Crippen molar-refractivity contribution in [2.24, 2.45) is 0 Å². The third kappa shape index (κ3) is 2.66. The van der Waals surface area contributed by atoms with Crippen LogP contribution in [0, 0.1) is 0 Å². The summed E-state index contributed by atoms with van der Waals surface area (Å²) in [6, 6.07) is 17.6. The summed E-state index contributed by atoms with van der Waals surface area (Å²) in [5, 5.41) is 4.79. The molecule has 120 valence electrons. The first-order chi connectivity index (χ1) is 11.7. The molecular weight excluding hydrogens is 340 g/mol. The van der Waals surface area contributed by atoms with Crippen molar-refractivity contribution in [3.05, 3.63) is 83.4 Å². The molecule has 0 saturated carbocycles. The first-order valence-electron chi connectivity index (χ1n) is 7.63. The number of aromatic amines is 1. The molecule has 0 aliphatic carbocycles. The predicted octanol–water partition coefficient (Wildman–Crippen LogP) is 4.24. The Morgan fingerprint density at radius 1 is 1.04 bits per heavy atom. The molecule has 1 aliphatic rings. The Hall–Kier alpha value is -2.37. The third-order valence-electron chi connectivity index (χ3n) is 4.14. The fourth-order valence-electron chi connectivity index (χ4n) is 3.08. The van der Waals surface area contributed by atoms with Crippen molar-refractivity contribution in [1.29, 1.82) is 0 Å². The van der Waals surface area contributed by atoms with Gasteiger partial charge in [-0.15, -0.1) is 0 Å². The molecule has 1 saturated heterocycles. The van der Waals surface area contributed by atoms with Crippen molar-refractivity contribution < 1.29 is 0 Å². The van der Waals surface area contributed by atoms with Gasteiger partial charge in [-0.3, -0.25) is 4.98 Å². The molecule has 0 amide bonds. The molecule has 1 fully saturated rings. The predicted molar refractivity (Wildman–Crippen MR) is 100 cm³/mol. The standard InChI is InChI=1S/C18H15ClN4S/c19-12-6-8-13(9-7-12)23-17(15-5-3-11-21-15)16(22-18(23)24)14-4-1-2-10-20-14/h1-11,16-17,21H,(H,22,24)/t16-,17+/m1/s1. The van der Waals surface area contributed by atoms with E-state index in [1.165, 1.54) is 0 Å². The number of thiocarbonyl (C=S) groups is 1. The fourth-order valence-corrected chi connectivity index (χ4v) is 3.55. The van der Waals surface area contributed by atoms with Crippen molar-refractivity contribution in [3.63, 3.8) is 0 Å². The van der Waals surface area contributed by atoms with Gasteiger partial charge >= 0.3 is 0 Å². The first-order valence-corrected chi connectivity index (χ1v) is 8.42. The summed E-state index contributed by atoms with van der Waals surface area (Å²) in [6.07, 6.45) is 3.73. The van der Waals surface area contributed by atoms with Crippen LogP contribution in [-0.4, -0.2) is 15.1 Å². The van der Waals surface area contributed by atoms with Crippen LogP contribution in [0.25, 0.3) is 0 Å². The van der Waals surface area contributed by atoms with Crippen molar-refractivity contribution in [1.82, 2.24) is 15.3 Å². The molecule has 0 unspecified atom stereocenters. The molecule has 1 aliphatic heterocycles. The van der Waals surface area contributed by atoms with E-state index >= 15 is 0 Å². The number of benzene rings is 1. The Balaban J connectivity index is 1.80. The fraction of sp³-hybridized carbons (Fsp3) is 0.111. The minimum Gasteiger partial charge on any atom is -0.363 e. The molecule has 4 rings (SSSR count). The van der Waals surface area contributed by atoms with Gasteiger partial charge in [0.1, 0.15) is 6.04 Å². The van der Waals surface area contributed by atoms with Gasteiger partial charge in [0.05, 0.1) is 11.7 Å². The number of anilines is 1. The molecular formula is C18H15ClN4S. The van der Waals surface area contributed by atoms with Gasteiger partial charge in [0, 0.05) is 28.8 Å². The molecule has 24 heavy (non-hydrogen) atoms. The number of hydrogen-bond acceptors (Lipinski definition) is 2. The van der Waals surface area contributed by atoms with Gasteiger partial charge in [-0.05, 0) is 60.7 Å². The van der Waals surface area contributed by atoms with Gasteiger partial charge in [0.25, 0.3) is 0 Å². The lowest BCUT2D eigenvalue weighted by atomic mass is 10.0. The van der Waals surface area contributed by atoms with Crippen molar-refractivity contribution in [3.8, 4) is 0 Å². The number of hydrogen-bond donors (Lipinski definition) is 2. The number of nitrogens with one attached hydrogen (secondary N) is 2. The topological polar surface area (TPSA) is 44.0 Å². The number of nitrogens with zero attached hydrogens (tertiary/aromatic N) is 2. The van der Waals surface area contributed by atoms with Crippen LogP contribution in [0.15, 0.2) is 67.0 Å². The quantitative estimate of drug-likeness (QED) is 0.690. The van der Waals surface area contributed by atoms with Crippen LogP contribution in [0.2, 0.25) is 5.02 Å². The van der Waals surface area contributed by atoms with E-state index in [1.54, 1.807) is 6.20 Å². The van der Waals surface area contributed by atoms with E-state index in [1.807, 2.05) is 54.7 Å². The van der Waals surface area contributed by atoms with E-state index in [0.717, 1.165) is 17.1 Å². The highest BCUT2D eigenvalue weighted by molar-refractivity contribution is 7.80. The van der Waals surface area contributed by atoms with Crippen LogP contribution in [0.5, 0.6) is 0 Å². The minimum absolute atomic E-state index is 0.0106. The lowest BCUT2D eigenvalue weighted by molar-refractivity contribution is 0.558. The Kier molecular flexibility index (Phi) is 3.96. The van der Waals surface area contributed by atoms with Gasteiger partial charge in [-0.2, -0.15) is 0 Å². The molecule has 2 aromatic heterocycles. The zero-order valence-corrected chi connectivity index (χ0v) is 14.3. The van der Waals surface area contributed by atoms with Gasteiger partial charge in [-0.1, -0.05) is 17.7 Å². The molecule has 6 heteroatoms. The van der Waals surface area contributed by atoms with Crippen LogP contribution < -0.4 is 10.2 Å². The third-order valence-corrected chi connectivity index (χ3v) is 4.71. The summed E-state index contributed by atoms with van der Waals surface area (Å²) in [6.45, 7) is 0. The average Bonchev–Trinajstić information content (AvgIpc) is 3.24. The second-order valence-electron chi connectivity index (χ2n) is 5.60. The molecule has 0 radical (unpaired) electrons. The maximum absolute atomic E-state index is 6.03. The van der Waals surface area contributed by atoms with E-state index in [4.69, 9.17) is 23.8 Å². The second kappa shape index (κ2) is 6.26. The maximum atomic E-state index is 6.03. The molecule has 3 aromatic rings. The highest BCUT2D eigenvalue weighted by atomic mass is 35.5. The zero-order valence-electron chi connectivity index (χ0n) is 12.7. The van der Waals surface area contributed by atoms with Gasteiger partial charge in [0.2, 0.25) is 0 Å². The summed E-state index contributed by atoms with van der Waals surface area (Å²) >= 11 is 11.7. The summed E-state index contributed by atoms with van der Waals surface area (Å²) in [5.74, 6) is 0. The smallest absolute Gasteiger partial charge is 0.174 e. The number of halogens is 1. The van der Waals surface area contributed by atoms with Gasteiger partial charge < -0.3 is 15.2 Å². The number of H-pyrrole nitrogens is 1. The van der Waals surface area contributed by atoms with Crippen LogP contribution in [-0.2, 0) is 0 Å². The SMILES string of the molecule is S=C1N[C@H](c2ccccn2)[C@H](c2ccc[nH]2)N1c1ccc(Cl)cc1. The van der Waals surface area contributed by atoms with E-state index < -0.39 is 0 Å². The number of rotatable bonds is 3. The Morgan fingerprint density at radius 3 is 2.54 bits per heavy atom. The molecule has 2 N–H and O–H groups in total. The van der Waals surface area contributed by atoms with Crippen LogP contribution in [0.1, 0.15) is 23.5 Å². The van der Waals surface area contributed by atoms with Crippen molar-refractivity contribution in [2.45, 2.75) is 12.1 Å². The molecule has 2 atom stereocenters. The minimum atomic E-state index is -0.0342. The second-order valence-corrected chi connectivity index (χ2v) is 6.42. The highest BCUT2D eigenvalue weighted by Gasteiger charge is 2.41. The van der Waals surface area contributed by atoms with Gasteiger partial charge in [-0.25, -0.2) is 0 Å². The first kappa shape index (κ1) is 15.2. The van der Waals surface area contributed by atoms with Crippen LogP contribution in [0.3, 0.4) is 0 Å². The number of pyridine rings is 1. The molecule has 0 bridgehead atoms. The monoisotopic (exact) mass is 354 g/mol. The zero-order chi connectivity index (χ0) is 16.5. The van der Waals surface area contributed by atoms with Gasteiger partial charge in [0.15, 0.2) is 5.11 Å². The van der Waals surface area contributed by atoms with E-state index in [9.17, 15) is 0 Å². The molecule has 0 spiro atoms. The van der Waals surface area contributed by atoms with E-state index in [0.29, 0.717) is 10.1 Å². The van der Waals surface area contributed by atoms with E-state index in [-0.39, 0.29) is 12.1 Å². The lowest BCUT2D eigenvalue weighted by Gasteiger charge is -2.27. The van der Waals surface area contributed by atoms with Crippen molar-refractivity contribution >= 4 is 34.6 Å². The normalized spacial score (nSPS) is 20.2. The Labute approximate surface area is 150 Å². The summed E-state index contributed by atoms with van der Waals surface area (Å²) in [7, 11) is 0. The summed E-state index contributed by atoms with van der Waals surface area (Å²) in [4.78, 5) is 9.94. The largest absolute Gasteiger partial charge is 0.363 e. The average molecular weight is 355 g/mol. The van der Waals surface area contributed by atoms with Crippen LogP contribution in [0.4, 0.5) is 5.69 Å². The molecule has 1 aromatic carbocycles. The summed E-state index contributed by atoms with van der Waals surface area (Å²) < 4.78 is 0.